The molecule has 0 spiro atoms. The van der Waals surface area contributed by atoms with Gasteiger partial charge < -0.3 is 9.80 Å². The summed E-state index contributed by atoms with van der Waals surface area (Å²) in [6, 6.07) is 17.6. The number of hydrogen-bond donors (Lipinski definition) is 0. The average molecular weight is 394 g/mol. The minimum Gasteiger partial charge on any atom is -0.339 e. The van der Waals surface area contributed by atoms with Gasteiger partial charge in [0.15, 0.2) is 0 Å². The molecule has 2 amide bonds. The third-order valence-corrected chi connectivity index (χ3v) is 6.16. The number of para-hydroxylation sites is 1. The maximum atomic E-state index is 13.2. The van der Waals surface area contributed by atoms with Crippen molar-refractivity contribution in [1.82, 2.24) is 9.80 Å². The smallest absolute Gasteiger partial charge is 0.265 e. The summed E-state index contributed by atoms with van der Waals surface area (Å²) in [5.41, 5.74) is 1.79. The van der Waals surface area contributed by atoms with Gasteiger partial charge in [-0.25, -0.2) is 0 Å². The first-order valence-electron chi connectivity index (χ1n) is 9.43. The minimum atomic E-state index is -0.116. The molecule has 1 saturated heterocycles. The highest BCUT2D eigenvalue weighted by atomic mass is 32.2. The molecule has 2 aliphatic rings. The normalized spacial score (nSPS) is 19.0. The minimum absolute atomic E-state index is 0.00205. The summed E-state index contributed by atoms with van der Waals surface area (Å²) in [5, 5.41) is 0. The van der Waals surface area contributed by atoms with Crippen molar-refractivity contribution in [3.05, 3.63) is 65.1 Å². The van der Waals surface area contributed by atoms with Crippen molar-refractivity contribution in [2.24, 2.45) is 0 Å². The Labute approximate surface area is 169 Å². The van der Waals surface area contributed by atoms with Crippen LogP contribution in [0, 0.1) is 0 Å². The lowest BCUT2D eigenvalue weighted by Crippen LogP contribution is -2.51. The number of likely N-dealkylation sites (N-methyl/N-ethyl adjacent to an activating group) is 1. The molecular formula is C22H23N3O2S. The molecule has 2 aromatic rings. The van der Waals surface area contributed by atoms with Gasteiger partial charge in [-0.3, -0.25) is 14.5 Å². The van der Waals surface area contributed by atoms with Gasteiger partial charge in [0, 0.05) is 31.1 Å². The first-order valence-corrected chi connectivity index (χ1v) is 10.3. The summed E-state index contributed by atoms with van der Waals surface area (Å²) in [7, 11) is 2.06. The molecule has 0 bridgehead atoms. The Kier molecular flexibility index (Phi) is 5.50. The first kappa shape index (κ1) is 18.8. The van der Waals surface area contributed by atoms with Crippen molar-refractivity contribution >= 4 is 35.3 Å². The van der Waals surface area contributed by atoms with Crippen LogP contribution in [-0.2, 0) is 9.59 Å². The fourth-order valence-electron chi connectivity index (χ4n) is 3.41. The number of carbonyl (C=O) groups excluding carboxylic acids is 2. The molecule has 2 heterocycles. The zero-order valence-corrected chi connectivity index (χ0v) is 16.7. The van der Waals surface area contributed by atoms with Gasteiger partial charge in [0.25, 0.3) is 5.91 Å². The van der Waals surface area contributed by atoms with Gasteiger partial charge >= 0.3 is 0 Å². The number of fused-ring (bicyclic) bond motifs is 1. The van der Waals surface area contributed by atoms with E-state index in [9.17, 15) is 9.59 Å². The van der Waals surface area contributed by atoms with E-state index in [0.717, 1.165) is 29.2 Å². The second kappa shape index (κ2) is 8.20. The van der Waals surface area contributed by atoms with Gasteiger partial charge in [-0.15, -0.1) is 0 Å². The lowest BCUT2D eigenvalue weighted by Gasteiger charge is -2.35. The third kappa shape index (κ3) is 3.98. The van der Waals surface area contributed by atoms with Gasteiger partial charge in [0.2, 0.25) is 5.91 Å². The fourth-order valence-corrected chi connectivity index (χ4v) is 4.47. The number of nitrogens with zero attached hydrogens (tertiary/aromatic N) is 3. The quantitative estimate of drug-likeness (QED) is 0.752. The Bertz CT molecular complexity index is 905. The maximum Gasteiger partial charge on any atom is 0.265 e. The number of carbonyl (C=O) groups is 2. The monoisotopic (exact) mass is 393 g/mol. The number of benzene rings is 2. The molecule has 144 valence electrons. The molecule has 4 rings (SSSR count). The van der Waals surface area contributed by atoms with E-state index < -0.39 is 0 Å². The van der Waals surface area contributed by atoms with Crippen LogP contribution in [0.5, 0.6) is 0 Å². The average Bonchev–Trinajstić information content (AvgIpc) is 2.72. The molecule has 0 aliphatic carbocycles. The largest absolute Gasteiger partial charge is 0.339 e. The SMILES string of the molecule is CN1CCN(C(=O)CN2C(=O)C(=Cc3ccccc3)Sc3ccccc32)CC1. The van der Waals surface area contributed by atoms with E-state index in [1.54, 1.807) is 4.90 Å². The fraction of sp³-hybridized carbons (Fsp3) is 0.273. The van der Waals surface area contributed by atoms with Crippen LogP contribution in [0.4, 0.5) is 5.69 Å². The lowest BCUT2D eigenvalue weighted by molar-refractivity contribution is -0.132. The van der Waals surface area contributed by atoms with Gasteiger partial charge in [-0.1, -0.05) is 54.2 Å². The second-order valence-corrected chi connectivity index (χ2v) is 8.15. The molecule has 0 atom stereocenters. The Morgan fingerprint density at radius 2 is 1.68 bits per heavy atom. The second-order valence-electron chi connectivity index (χ2n) is 7.06. The Morgan fingerprint density at radius 1 is 1.00 bits per heavy atom. The van der Waals surface area contributed by atoms with Gasteiger partial charge in [-0.2, -0.15) is 0 Å². The number of piperazine rings is 1. The summed E-state index contributed by atoms with van der Waals surface area (Å²) in [6.07, 6.45) is 1.90. The van der Waals surface area contributed by atoms with E-state index in [1.807, 2.05) is 65.6 Å². The van der Waals surface area contributed by atoms with E-state index in [2.05, 4.69) is 11.9 Å². The number of amides is 2. The third-order valence-electron chi connectivity index (χ3n) is 5.08. The van der Waals surface area contributed by atoms with Crippen LogP contribution in [0.25, 0.3) is 6.08 Å². The molecule has 0 saturated carbocycles. The van der Waals surface area contributed by atoms with Gasteiger partial charge in [-0.05, 0) is 30.8 Å². The molecular weight excluding hydrogens is 370 g/mol. The van der Waals surface area contributed by atoms with E-state index in [4.69, 9.17) is 0 Å². The summed E-state index contributed by atoms with van der Waals surface area (Å²) < 4.78 is 0. The Hall–Kier alpha value is -2.57. The summed E-state index contributed by atoms with van der Waals surface area (Å²) in [4.78, 5) is 33.4. The van der Waals surface area contributed by atoms with Gasteiger partial charge in [0.05, 0.1) is 10.6 Å². The van der Waals surface area contributed by atoms with Crippen LogP contribution < -0.4 is 4.90 Å². The zero-order valence-electron chi connectivity index (χ0n) is 15.9. The van der Waals surface area contributed by atoms with Crippen molar-refractivity contribution in [3.8, 4) is 0 Å². The van der Waals surface area contributed by atoms with Crippen LogP contribution >= 0.6 is 11.8 Å². The molecule has 0 aromatic heterocycles. The van der Waals surface area contributed by atoms with E-state index >= 15 is 0 Å². The van der Waals surface area contributed by atoms with Crippen molar-refractivity contribution in [2.75, 3.05) is 44.7 Å². The predicted octanol–water partition coefficient (Wildman–Crippen LogP) is 2.94. The van der Waals surface area contributed by atoms with Crippen LogP contribution in [0.1, 0.15) is 5.56 Å². The van der Waals surface area contributed by atoms with Crippen molar-refractivity contribution in [1.29, 1.82) is 0 Å². The predicted molar refractivity (Wildman–Crippen MR) is 113 cm³/mol. The molecule has 0 N–H and O–H groups in total. The topological polar surface area (TPSA) is 43.9 Å². The van der Waals surface area contributed by atoms with E-state index in [0.29, 0.717) is 18.0 Å². The Balaban J connectivity index is 1.60. The van der Waals surface area contributed by atoms with Crippen LogP contribution in [0.15, 0.2) is 64.4 Å². The summed E-state index contributed by atoms with van der Waals surface area (Å²) in [5.74, 6) is -0.114. The highest BCUT2D eigenvalue weighted by Gasteiger charge is 2.32. The molecule has 0 radical (unpaired) electrons. The van der Waals surface area contributed by atoms with Crippen molar-refractivity contribution in [3.63, 3.8) is 0 Å². The molecule has 1 fully saturated rings. The number of rotatable bonds is 3. The molecule has 6 heteroatoms. The maximum absolute atomic E-state index is 13.2. The van der Waals surface area contributed by atoms with Crippen molar-refractivity contribution in [2.45, 2.75) is 4.90 Å². The number of anilines is 1. The highest BCUT2D eigenvalue weighted by molar-refractivity contribution is 8.04. The molecule has 2 aliphatic heterocycles. The van der Waals surface area contributed by atoms with E-state index in [1.165, 1.54) is 11.8 Å². The molecule has 28 heavy (non-hydrogen) atoms. The summed E-state index contributed by atoms with van der Waals surface area (Å²) in [6.45, 7) is 3.23. The van der Waals surface area contributed by atoms with Crippen molar-refractivity contribution < 1.29 is 9.59 Å². The number of hydrogen-bond acceptors (Lipinski definition) is 4. The Morgan fingerprint density at radius 3 is 2.43 bits per heavy atom. The molecule has 2 aromatic carbocycles. The van der Waals surface area contributed by atoms with Crippen LogP contribution in [-0.4, -0.2) is 61.4 Å². The van der Waals surface area contributed by atoms with Crippen LogP contribution in [0.2, 0.25) is 0 Å². The molecule has 0 unspecified atom stereocenters. The lowest BCUT2D eigenvalue weighted by atomic mass is 10.2. The zero-order chi connectivity index (χ0) is 19.5. The standard InChI is InChI=1S/C22H23N3O2S/c1-23-11-13-24(14-12-23)21(26)16-25-18-9-5-6-10-19(18)28-20(22(25)27)15-17-7-3-2-4-8-17/h2-10,15H,11-14,16H2,1H3. The highest BCUT2D eigenvalue weighted by Crippen LogP contribution is 2.41. The van der Waals surface area contributed by atoms with Gasteiger partial charge in [0.1, 0.15) is 6.54 Å². The van der Waals surface area contributed by atoms with E-state index in [-0.39, 0.29) is 18.4 Å². The number of thioether (sulfide) groups is 1. The van der Waals surface area contributed by atoms with Crippen LogP contribution in [0.3, 0.4) is 0 Å². The first-order chi connectivity index (χ1) is 13.6. The molecule has 5 nitrogen and oxygen atoms in total. The summed E-state index contributed by atoms with van der Waals surface area (Å²) >= 11 is 1.46.